The van der Waals surface area contributed by atoms with Crippen LogP contribution in [-0.2, 0) is 20.9 Å². The maximum Gasteiger partial charge on any atom is 0.408 e. The number of ether oxygens (including phenoxy) is 1. The summed E-state index contributed by atoms with van der Waals surface area (Å²) in [5, 5.41) is 14.8. The van der Waals surface area contributed by atoms with Crippen LogP contribution >= 0.6 is 0 Å². The van der Waals surface area contributed by atoms with E-state index in [4.69, 9.17) is 4.74 Å². The highest BCUT2D eigenvalue weighted by Gasteiger charge is 2.42. The smallest absolute Gasteiger partial charge is 0.408 e. The lowest BCUT2D eigenvalue weighted by molar-refractivity contribution is -0.143. The first-order chi connectivity index (χ1) is 13.5. The molecule has 0 aromatic heterocycles. The minimum Gasteiger partial charge on any atom is -0.480 e. The van der Waals surface area contributed by atoms with Crippen molar-refractivity contribution in [2.45, 2.75) is 76.5 Å². The molecule has 1 atom stereocenters. The van der Waals surface area contributed by atoms with E-state index in [0.717, 1.165) is 31.2 Å². The third-order valence-corrected chi connectivity index (χ3v) is 5.15. The average Bonchev–Trinajstić information content (AvgIpc) is 2.70. The number of carboxylic acid groups (broad SMARTS) is 1. The van der Waals surface area contributed by atoms with Crippen molar-refractivity contribution in [1.82, 2.24) is 10.6 Å². The molecule has 0 spiro atoms. The van der Waals surface area contributed by atoms with Crippen molar-refractivity contribution < 1.29 is 24.2 Å². The van der Waals surface area contributed by atoms with Gasteiger partial charge in [0.15, 0.2) is 0 Å². The Morgan fingerprint density at radius 2 is 1.82 bits per heavy atom. The lowest BCUT2D eigenvalue weighted by Gasteiger charge is -2.36. The summed E-state index contributed by atoms with van der Waals surface area (Å²) >= 11 is 0. The highest BCUT2D eigenvalue weighted by molar-refractivity contribution is 5.92. The first kappa shape index (κ1) is 21.7. The Bertz CT molecular complexity index is 656. The third-order valence-electron chi connectivity index (χ3n) is 5.15. The zero-order chi connectivity index (χ0) is 20.4. The molecule has 0 heterocycles. The van der Waals surface area contributed by atoms with E-state index in [9.17, 15) is 19.5 Å². The zero-order valence-corrected chi connectivity index (χ0v) is 16.4. The molecule has 1 aromatic carbocycles. The standard InChI is InChI=1S/C21H30N2O5/c1-2-3-12-17(18(24)25)22-19(26)21(13-8-5-9-14-21)23-20(27)28-15-16-10-6-4-7-11-16/h4,6-7,10-11,17H,2-3,5,8-9,12-15H2,1H3,(H,22,26)(H,23,27)(H,24,25)/t17-/m0/s1. The zero-order valence-electron chi connectivity index (χ0n) is 16.4. The largest absolute Gasteiger partial charge is 0.480 e. The minimum absolute atomic E-state index is 0.110. The van der Waals surface area contributed by atoms with Crippen molar-refractivity contribution in [2.24, 2.45) is 0 Å². The SMILES string of the molecule is CCCC[C@H](NC(=O)C1(NC(=O)OCc2ccccc2)CCCCC1)C(=O)O. The van der Waals surface area contributed by atoms with Crippen LogP contribution < -0.4 is 10.6 Å². The lowest BCUT2D eigenvalue weighted by Crippen LogP contribution is -2.62. The minimum atomic E-state index is -1.12. The third kappa shape index (κ3) is 6.25. The van der Waals surface area contributed by atoms with Gasteiger partial charge in [0.25, 0.3) is 0 Å². The number of alkyl carbamates (subject to hydrolysis) is 1. The van der Waals surface area contributed by atoms with Gasteiger partial charge in [-0.3, -0.25) is 4.79 Å². The molecule has 0 bridgehead atoms. The fraction of sp³-hybridized carbons (Fsp3) is 0.571. The number of benzene rings is 1. The lowest BCUT2D eigenvalue weighted by atomic mass is 9.80. The number of rotatable bonds is 9. The van der Waals surface area contributed by atoms with E-state index in [-0.39, 0.29) is 6.61 Å². The molecule has 1 aliphatic rings. The van der Waals surface area contributed by atoms with Gasteiger partial charge in [-0.25, -0.2) is 9.59 Å². The summed E-state index contributed by atoms with van der Waals surface area (Å²) < 4.78 is 5.28. The van der Waals surface area contributed by atoms with Crippen LogP contribution in [0.4, 0.5) is 4.79 Å². The van der Waals surface area contributed by atoms with Gasteiger partial charge in [-0.1, -0.05) is 69.4 Å². The van der Waals surface area contributed by atoms with Gasteiger partial charge in [0.2, 0.25) is 5.91 Å². The van der Waals surface area contributed by atoms with Gasteiger partial charge in [0, 0.05) is 0 Å². The number of hydrogen-bond donors (Lipinski definition) is 3. The molecule has 0 radical (unpaired) electrons. The highest BCUT2D eigenvalue weighted by Crippen LogP contribution is 2.29. The molecule has 2 rings (SSSR count). The molecule has 0 unspecified atom stereocenters. The summed E-state index contributed by atoms with van der Waals surface area (Å²) in [6.45, 7) is 2.08. The van der Waals surface area contributed by atoms with Gasteiger partial charge in [-0.15, -0.1) is 0 Å². The van der Waals surface area contributed by atoms with Gasteiger partial charge in [0.1, 0.15) is 18.2 Å². The molecule has 3 N–H and O–H groups in total. The first-order valence-corrected chi connectivity index (χ1v) is 9.99. The number of hydrogen-bond acceptors (Lipinski definition) is 4. The Morgan fingerprint density at radius 3 is 2.43 bits per heavy atom. The number of aliphatic carboxylic acids is 1. The summed E-state index contributed by atoms with van der Waals surface area (Å²) in [4.78, 5) is 36.8. The summed E-state index contributed by atoms with van der Waals surface area (Å²) in [5.74, 6) is -1.49. The summed E-state index contributed by atoms with van der Waals surface area (Å²) in [5.41, 5.74) is -0.267. The van der Waals surface area contributed by atoms with Crippen molar-refractivity contribution in [3.63, 3.8) is 0 Å². The van der Waals surface area contributed by atoms with Gasteiger partial charge in [-0.05, 0) is 24.8 Å². The van der Waals surface area contributed by atoms with Gasteiger partial charge < -0.3 is 20.5 Å². The van der Waals surface area contributed by atoms with E-state index in [1.54, 1.807) is 0 Å². The molecule has 154 valence electrons. The Hall–Kier alpha value is -2.57. The van der Waals surface area contributed by atoms with E-state index in [1.165, 1.54) is 0 Å². The van der Waals surface area contributed by atoms with E-state index in [0.29, 0.717) is 25.7 Å². The van der Waals surface area contributed by atoms with Crippen LogP contribution in [0.15, 0.2) is 30.3 Å². The Morgan fingerprint density at radius 1 is 1.14 bits per heavy atom. The Kier molecular flexibility index (Phi) is 8.29. The molecule has 7 heteroatoms. The van der Waals surface area contributed by atoms with Gasteiger partial charge >= 0.3 is 12.1 Å². The highest BCUT2D eigenvalue weighted by atomic mass is 16.5. The normalized spacial score (nSPS) is 16.6. The maximum atomic E-state index is 13.0. The van der Waals surface area contributed by atoms with Gasteiger partial charge in [-0.2, -0.15) is 0 Å². The Labute approximate surface area is 165 Å². The van der Waals surface area contributed by atoms with E-state index < -0.39 is 29.6 Å². The quantitative estimate of drug-likeness (QED) is 0.600. The predicted molar refractivity (Wildman–Crippen MR) is 105 cm³/mol. The molecule has 1 aromatic rings. The number of carboxylic acids is 1. The van der Waals surface area contributed by atoms with Crippen LogP contribution in [0, 0.1) is 0 Å². The molecular formula is C21H30N2O5. The predicted octanol–water partition coefficient (Wildman–Crippen LogP) is 3.38. The van der Waals surface area contributed by atoms with Crippen molar-refractivity contribution in [3.8, 4) is 0 Å². The number of nitrogens with one attached hydrogen (secondary N) is 2. The topological polar surface area (TPSA) is 105 Å². The van der Waals surface area contributed by atoms with Gasteiger partial charge in [0.05, 0.1) is 0 Å². The van der Waals surface area contributed by atoms with Crippen molar-refractivity contribution in [2.75, 3.05) is 0 Å². The molecule has 0 aliphatic heterocycles. The van der Waals surface area contributed by atoms with Crippen LogP contribution in [0.25, 0.3) is 0 Å². The number of amides is 2. The van der Waals surface area contributed by atoms with Crippen LogP contribution in [-0.4, -0.2) is 34.7 Å². The van der Waals surface area contributed by atoms with E-state index in [2.05, 4.69) is 10.6 Å². The molecule has 1 fully saturated rings. The fourth-order valence-corrected chi connectivity index (χ4v) is 3.48. The molecular weight excluding hydrogens is 360 g/mol. The molecule has 1 aliphatic carbocycles. The maximum absolute atomic E-state index is 13.0. The van der Waals surface area contributed by atoms with Crippen LogP contribution in [0.1, 0.15) is 63.9 Å². The number of carbonyl (C=O) groups is 3. The molecule has 28 heavy (non-hydrogen) atoms. The summed E-state index contributed by atoms with van der Waals surface area (Å²) in [7, 11) is 0. The van der Waals surface area contributed by atoms with E-state index in [1.807, 2.05) is 37.3 Å². The summed E-state index contributed by atoms with van der Waals surface area (Å²) in [6.07, 6.45) is 4.75. The summed E-state index contributed by atoms with van der Waals surface area (Å²) in [6, 6.07) is 8.34. The number of unbranched alkanes of at least 4 members (excludes halogenated alkanes) is 1. The second kappa shape index (κ2) is 10.7. The second-order valence-electron chi connectivity index (χ2n) is 7.34. The van der Waals surface area contributed by atoms with Crippen LogP contribution in [0.2, 0.25) is 0 Å². The first-order valence-electron chi connectivity index (χ1n) is 9.99. The molecule has 7 nitrogen and oxygen atoms in total. The Balaban J connectivity index is 2.02. The van der Waals surface area contributed by atoms with Crippen molar-refractivity contribution in [3.05, 3.63) is 35.9 Å². The monoisotopic (exact) mass is 390 g/mol. The molecule has 2 amide bonds. The van der Waals surface area contributed by atoms with Crippen LogP contribution in [0.5, 0.6) is 0 Å². The van der Waals surface area contributed by atoms with Crippen LogP contribution in [0.3, 0.4) is 0 Å². The average molecular weight is 390 g/mol. The fourth-order valence-electron chi connectivity index (χ4n) is 3.48. The molecule has 1 saturated carbocycles. The second-order valence-corrected chi connectivity index (χ2v) is 7.34. The van der Waals surface area contributed by atoms with E-state index >= 15 is 0 Å². The molecule has 0 saturated heterocycles. The number of carbonyl (C=O) groups excluding carboxylic acids is 2. The van der Waals surface area contributed by atoms with Crippen molar-refractivity contribution >= 4 is 18.0 Å². The van der Waals surface area contributed by atoms with Crippen molar-refractivity contribution in [1.29, 1.82) is 0 Å².